The van der Waals surface area contributed by atoms with Crippen molar-refractivity contribution in [2.75, 3.05) is 4.90 Å². The summed E-state index contributed by atoms with van der Waals surface area (Å²) in [5, 5.41) is 10.2. The molecule has 0 radical (unpaired) electrons. The monoisotopic (exact) mass is 381 g/mol. The van der Waals surface area contributed by atoms with E-state index in [4.69, 9.17) is 35.4 Å². The molecule has 2 aromatic rings. The fourth-order valence-corrected chi connectivity index (χ4v) is 3.74. The molecule has 1 N–H and O–H groups in total. The van der Waals surface area contributed by atoms with Crippen LogP contribution in [0.25, 0.3) is 6.08 Å². The van der Waals surface area contributed by atoms with E-state index < -0.39 is 0 Å². The Morgan fingerprint density at radius 2 is 1.96 bits per heavy atom. The first-order valence-corrected chi connectivity index (χ1v) is 8.46. The highest BCUT2D eigenvalue weighted by Gasteiger charge is 2.33. The Hall–Kier alpha value is -1.53. The predicted octanol–water partition coefficient (Wildman–Crippen LogP) is 5.10. The van der Waals surface area contributed by atoms with Crippen LogP contribution in [0.15, 0.2) is 47.4 Å². The minimum Gasteiger partial charge on any atom is -0.506 e. The van der Waals surface area contributed by atoms with E-state index in [2.05, 4.69) is 0 Å². The molecule has 0 atom stereocenters. The molecule has 0 unspecified atom stereocenters. The van der Waals surface area contributed by atoms with E-state index in [9.17, 15) is 9.90 Å². The van der Waals surface area contributed by atoms with E-state index in [1.807, 2.05) is 0 Å². The summed E-state index contributed by atoms with van der Waals surface area (Å²) >= 11 is 18.4. The molecule has 0 aromatic heterocycles. The third kappa shape index (κ3) is 3.38. The van der Waals surface area contributed by atoms with Crippen molar-refractivity contribution in [1.29, 1.82) is 0 Å². The first-order chi connectivity index (χ1) is 11.0. The Labute approximate surface area is 152 Å². The highest BCUT2D eigenvalue weighted by atomic mass is 35.5. The van der Waals surface area contributed by atoms with E-state index in [0.717, 1.165) is 0 Å². The van der Waals surface area contributed by atoms with Crippen LogP contribution >= 0.6 is 47.2 Å². The van der Waals surface area contributed by atoms with Gasteiger partial charge in [0.25, 0.3) is 5.91 Å². The molecule has 7 heteroatoms. The number of carbonyl (C=O) groups excluding carboxylic acids is 1. The average molecular weight is 382 g/mol. The number of anilines is 1. The number of thiocarbonyl (C=S) groups is 1. The van der Waals surface area contributed by atoms with E-state index >= 15 is 0 Å². The summed E-state index contributed by atoms with van der Waals surface area (Å²) in [7, 11) is 0. The number of amides is 1. The molecule has 1 heterocycles. The molecule has 0 bridgehead atoms. The van der Waals surface area contributed by atoms with Gasteiger partial charge in [0.15, 0.2) is 4.32 Å². The SMILES string of the molecule is O=C1/C(=C/c2ccc(O)c(Cl)c2)SC(=S)N1c1cccc(Cl)c1. The minimum atomic E-state index is -0.216. The molecule has 0 saturated carbocycles. The van der Waals surface area contributed by atoms with Crippen LogP contribution in [0.4, 0.5) is 5.69 Å². The van der Waals surface area contributed by atoms with Crippen molar-refractivity contribution in [3.63, 3.8) is 0 Å². The highest BCUT2D eigenvalue weighted by Crippen LogP contribution is 2.37. The molecule has 1 saturated heterocycles. The van der Waals surface area contributed by atoms with Crippen molar-refractivity contribution < 1.29 is 9.90 Å². The lowest BCUT2D eigenvalue weighted by Gasteiger charge is -2.14. The number of phenolic OH excluding ortho intramolecular Hbond substituents is 1. The van der Waals surface area contributed by atoms with Crippen molar-refractivity contribution in [2.45, 2.75) is 0 Å². The first-order valence-electron chi connectivity index (χ1n) is 6.48. The summed E-state index contributed by atoms with van der Waals surface area (Å²) in [5.74, 6) is -0.221. The fraction of sp³-hybridized carbons (Fsp3) is 0. The van der Waals surface area contributed by atoms with Crippen molar-refractivity contribution in [1.82, 2.24) is 0 Å². The number of rotatable bonds is 2. The van der Waals surface area contributed by atoms with Gasteiger partial charge in [-0.05, 0) is 42.0 Å². The van der Waals surface area contributed by atoms with Gasteiger partial charge in [-0.3, -0.25) is 9.69 Å². The zero-order valence-corrected chi connectivity index (χ0v) is 14.6. The maximum Gasteiger partial charge on any atom is 0.270 e. The zero-order valence-electron chi connectivity index (χ0n) is 11.5. The summed E-state index contributed by atoms with van der Waals surface area (Å²) in [6, 6.07) is 11.7. The predicted molar refractivity (Wildman–Crippen MR) is 100 cm³/mol. The van der Waals surface area contributed by atoms with Gasteiger partial charge in [-0.25, -0.2) is 0 Å². The number of hydrogen-bond acceptors (Lipinski definition) is 4. The molecule has 116 valence electrons. The molecular weight excluding hydrogens is 373 g/mol. The number of phenols is 1. The first kappa shape index (κ1) is 16.3. The molecule has 1 fully saturated rings. The second-order valence-corrected chi connectivity index (χ2v) is 7.23. The van der Waals surface area contributed by atoms with Gasteiger partial charge in [0.2, 0.25) is 0 Å². The normalized spacial score (nSPS) is 16.4. The third-order valence-corrected chi connectivity index (χ3v) is 4.97. The molecule has 2 aromatic carbocycles. The Morgan fingerprint density at radius 1 is 1.17 bits per heavy atom. The fourth-order valence-electron chi connectivity index (χ4n) is 2.07. The molecule has 3 nitrogen and oxygen atoms in total. The van der Waals surface area contributed by atoms with Gasteiger partial charge in [0.05, 0.1) is 15.6 Å². The quantitative estimate of drug-likeness (QED) is 0.579. The number of hydrogen-bond donors (Lipinski definition) is 1. The second-order valence-electron chi connectivity index (χ2n) is 4.71. The topological polar surface area (TPSA) is 40.5 Å². The van der Waals surface area contributed by atoms with Gasteiger partial charge >= 0.3 is 0 Å². The molecule has 1 amide bonds. The summed E-state index contributed by atoms with van der Waals surface area (Å²) in [5.41, 5.74) is 1.34. The van der Waals surface area contributed by atoms with Gasteiger partial charge in [-0.15, -0.1) is 0 Å². The van der Waals surface area contributed by atoms with E-state index in [1.165, 1.54) is 22.7 Å². The van der Waals surface area contributed by atoms with Gasteiger partial charge in [0.1, 0.15) is 5.75 Å². The standard InChI is InChI=1S/C16H9Cl2NO2S2/c17-10-2-1-3-11(8-10)19-15(21)14(23-16(19)22)7-9-4-5-13(20)12(18)6-9/h1-8,20H/b14-7-. The molecule has 0 aliphatic carbocycles. The van der Waals surface area contributed by atoms with E-state index in [1.54, 1.807) is 42.5 Å². The Balaban J connectivity index is 1.94. The van der Waals surface area contributed by atoms with Crippen LogP contribution in [-0.2, 0) is 4.79 Å². The lowest BCUT2D eigenvalue weighted by Crippen LogP contribution is -2.27. The van der Waals surface area contributed by atoms with Crippen LogP contribution < -0.4 is 4.90 Å². The largest absolute Gasteiger partial charge is 0.506 e. The van der Waals surface area contributed by atoms with Crippen LogP contribution in [0.5, 0.6) is 5.75 Å². The van der Waals surface area contributed by atoms with Crippen molar-refractivity contribution in [2.24, 2.45) is 0 Å². The molecular formula is C16H9Cl2NO2S2. The van der Waals surface area contributed by atoms with Crippen LogP contribution in [0.1, 0.15) is 5.56 Å². The Bertz CT molecular complexity index is 852. The lowest BCUT2D eigenvalue weighted by molar-refractivity contribution is -0.113. The number of aromatic hydroxyl groups is 1. The minimum absolute atomic E-state index is 0.00436. The number of halogens is 2. The maximum atomic E-state index is 12.6. The highest BCUT2D eigenvalue weighted by molar-refractivity contribution is 8.27. The number of thioether (sulfide) groups is 1. The second kappa shape index (κ2) is 6.53. The summed E-state index contributed by atoms with van der Waals surface area (Å²) in [4.78, 5) is 14.5. The zero-order chi connectivity index (χ0) is 16.6. The lowest BCUT2D eigenvalue weighted by atomic mass is 10.2. The average Bonchev–Trinajstić information content (AvgIpc) is 2.77. The van der Waals surface area contributed by atoms with Crippen LogP contribution in [0.3, 0.4) is 0 Å². The van der Waals surface area contributed by atoms with Gasteiger partial charge in [0, 0.05) is 5.02 Å². The van der Waals surface area contributed by atoms with Crippen LogP contribution in [0, 0.1) is 0 Å². The number of nitrogens with zero attached hydrogens (tertiary/aromatic N) is 1. The molecule has 1 aliphatic heterocycles. The van der Waals surface area contributed by atoms with E-state index in [-0.39, 0.29) is 16.7 Å². The van der Waals surface area contributed by atoms with E-state index in [0.29, 0.717) is 25.5 Å². The third-order valence-electron chi connectivity index (χ3n) is 3.13. The van der Waals surface area contributed by atoms with Crippen LogP contribution in [0.2, 0.25) is 10.0 Å². The summed E-state index contributed by atoms with van der Waals surface area (Å²) < 4.78 is 0.438. The number of carbonyl (C=O) groups is 1. The van der Waals surface area contributed by atoms with Crippen LogP contribution in [-0.4, -0.2) is 15.3 Å². The van der Waals surface area contributed by atoms with Crippen molar-refractivity contribution >= 4 is 69.2 Å². The summed E-state index contributed by atoms with van der Waals surface area (Å²) in [6.45, 7) is 0. The smallest absolute Gasteiger partial charge is 0.270 e. The number of benzene rings is 2. The molecule has 1 aliphatic rings. The molecule has 23 heavy (non-hydrogen) atoms. The van der Waals surface area contributed by atoms with Crippen molar-refractivity contribution in [3.05, 3.63) is 63.0 Å². The Morgan fingerprint density at radius 3 is 2.65 bits per heavy atom. The van der Waals surface area contributed by atoms with Crippen molar-refractivity contribution in [3.8, 4) is 5.75 Å². The molecule has 3 rings (SSSR count). The Kier molecular flexibility index (Phi) is 4.64. The summed E-state index contributed by atoms with van der Waals surface area (Å²) in [6.07, 6.45) is 1.69. The maximum absolute atomic E-state index is 12.6. The molecule has 0 spiro atoms. The van der Waals surface area contributed by atoms with Gasteiger partial charge in [-0.2, -0.15) is 0 Å². The van der Waals surface area contributed by atoms with Gasteiger partial charge < -0.3 is 5.11 Å². The van der Waals surface area contributed by atoms with Gasteiger partial charge in [-0.1, -0.05) is 59.3 Å².